The number of Topliss-reactive ketones (excluding diaryl/α,β-unsaturated/α-hetero) is 3. The van der Waals surface area contributed by atoms with Gasteiger partial charge in [0.25, 0.3) is 0 Å². The van der Waals surface area contributed by atoms with Crippen molar-refractivity contribution in [2.75, 3.05) is 20.3 Å². The summed E-state index contributed by atoms with van der Waals surface area (Å²) in [6.45, 7) is 2.93. The number of carbonyl (C=O) groups is 6. The van der Waals surface area contributed by atoms with E-state index in [2.05, 4.69) is 10.6 Å². The Kier molecular flexibility index (Phi) is 18.7. The lowest BCUT2D eigenvalue weighted by molar-refractivity contribution is -0.367. The zero-order valence-electron chi connectivity index (χ0n) is 34.5. The lowest BCUT2D eigenvalue weighted by Gasteiger charge is -2.50. The number of nitrogens with one attached hydrogen (secondary N) is 2. The molecule has 25 heteroatoms. The average molecular weight is 899 g/mol. The fraction of sp³-hybridized carbons (Fsp3) is 0.838. The molecule has 0 bridgehead atoms. The molecule has 62 heavy (non-hydrogen) atoms. The normalized spacial score (nSPS) is 41.2. The molecule has 0 aromatic rings. The fourth-order valence-electron chi connectivity index (χ4n) is 7.62. The molecule has 0 saturated carbocycles. The number of ketones is 3. The SMILES string of the molecule is COC1OC(CO)C(O)C(OC2OC(C(=O)CCC(=O)CCC(C)=O)C(OC3OC(CO)C(O)C(OC4OC(C(=O)O)C(C)C(O)C4O)C3NC(C)=O)C(O)C2O)C1NC(C)=O. The summed E-state index contributed by atoms with van der Waals surface area (Å²) in [5.74, 6) is -5.92. The van der Waals surface area contributed by atoms with Gasteiger partial charge in [0.2, 0.25) is 11.8 Å². The van der Waals surface area contributed by atoms with E-state index >= 15 is 0 Å². The quantitative estimate of drug-likeness (QED) is 0.0574. The Balaban J connectivity index is 1.71. The van der Waals surface area contributed by atoms with E-state index in [0.717, 1.165) is 13.8 Å². The number of ether oxygens (including phenoxy) is 8. The van der Waals surface area contributed by atoms with Crippen LogP contribution in [0.15, 0.2) is 0 Å². The van der Waals surface area contributed by atoms with E-state index in [1.807, 2.05) is 0 Å². The summed E-state index contributed by atoms with van der Waals surface area (Å²) in [7, 11) is 1.19. The number of aliphatic hydroxyl groups is 8. The summed E-state index contributed by atoms with van der Waals surface area (Å²) in [4.78, 5) is 74.8. The molecule has 0 aliphatic carbocycles. The van der Waals surface area contributed by atoms with Gasteiger partial charge < -0.3 is 99.3 Å². The van der Waals surface area contributed by atoms with Gasteiger partial charge in [-0.1, -0.05) is 6.92 Å². The molecule has 0 spiro atoms. The second kappa shape index (κ2) is 22.6. The first-order valence-electron chi connectivity index (χ1n) is 19.9. The van der Waals surface area contributed by atoms with Crippen LogP contribution in [0.25, 0.3) is 0 Å². The molecule has 2 amide bonds. The molecular weight excluding hydrogens is 840 g/mol. The van der Waals surface area contributed by atoms with Crippen molar-refractivity contribution in [2.24, 2.45) is 5.92 Å². The Morgan fingerprint density at radius 1 is 0.548 bits per heavy atom. The summed E-state index contributed by atoms with van der Waals surface area (Å²) < 4.78 is 45.8. The zero-order valence-corrected chi connectivity index (χ0v) is 34.5. The van der Waals surface area contributed by atoms with Crippen LogP contribution in [0.1, 0.15) is 53.4 Å². The minimum absolute atomic E-state index is 0.109. The van der Waals surface area contributed by atoms with Crippen LogP contribution in [0.5, 0.6) is 0 Å². The van der Waals surface area contributed by atoms with Gasteiger partial charge in [0, 0.05) is 52.6 Å². The molecular formula is C37H58N2O23. The van der Waals surface area contributed by atoms with Gasteiger partial charge in [0.1, 0.15) is 90.8 Å². The number of carbonyl (C=O) groups excluding carboxylic acids is 5. The fourth-order valence-corrected chi connectivity index (χ4v) is 7.62. The first kappa shape index (κ1) is 51.4. The van der Waals surface area contributed by atoms with E-state index in [4.69, 9.17) is 37.9 Å². The second-order valence-electron chi connectivity index (χ2n) is 15.6. The average Bonchev–Trinajstić information content (AvgIpc) is 3.21. The standard InChI is InChI=1S/C37H58N2O23/c1-12(42)6-7-16(45)8-9-17(46)29-32(25(50)27(52)37(59-29)60-30-20(38-14(3)43)34(55-5)56-18(10-40)23(30)48)62-35-21(39-15(4)44)31(24(49)19(11-41)57-35)61-36-26(51)22(47)13(2)28(58-36)33(53)54/h13,18-32,34-37,40-41,47-52H,6-11H2,1-5H3,(H,38,43)(H,39,44)(H,53,54). The van der Waals surface area contributed by atoms with Crippen LogP contribution in [0.4, 0.5) is 0 Å². The molecule has 20 unspecified atom stereocenters. The Bertz CT molecular complexity index is 1570. The first-order valence-corrected chi connectivity index (χ1v) is 19.9. The number of aliphatic carboxylic acids is 1. The topological polar surface area (TPSA) is 382 Å². The predicted molar refractivity (Wildman–Crippen MR) is 198 cm³/mol. The highest BCUT2D eigenvalue weighted by atomic mass is 16.8. The van der Waals surface area contributed by atoms with E-state index in [9.17, 15) is 74.7 Å². The van der Waals surface area contributed by atoms with Crippen LogP contribution in [-0.2, 0) is 66.7 Å². The van der Waals surface area contributed by atoms with E-state index in [0.29, 0.717) is 0 Å². The van der Waals surface area contributed by atoms with Gasteiger partial charge in [-0.15, -0.1) is 0 Å². The number of methoxy groups -OCH3 is 1. The molecule has 0 aromatic heterocycles. The second-order valence-corrected chi connectivity index (χ2v) is 15.6. The van der Waals surface area contributed by atoms with Crippen molar-refractivity contribution in [1.82, 2.24) is 10.6 Å². The van der Waals surface area contributed by atoms with Gasteiger partial charge in [-0.25, -0.2) is 4.79 Å². The molecule has 4 rings (SSSR count). The van der Waals surface area contributed by atoms with Crippen molar-refractivity contribution in [3.8, 4) is 0 Å². The molecule has 4 saturated heterocycles. The molecule has 4 aliphatic rings. The number of hydrogen-bond donors (Lipinski definition) is 11. The Morgan fingerprint density at radius 3 is 1.47 bits per heavy atom. The molecule has 20 atom stereocenters. The Morgan fingerprint density at radius 2 is 1.00 bits per heavy atom. The van der Waals surface area contributed by atoms with Gasteiger partial charge >= 0.3 is 5.97 Å². The maximum atomic E-state index is 14.0. The van der Waals surface area contributed by atoms with Crippen LogP contribution in [-0.4, -0.2) is 218 Å². The minimum Gasteiger partial charge on any atom is -0.479 e. The van der Waals surface area contributed by atoms with Crippen molar-refractivity contribution >= 4 is 35.1 Å². The lowest BCUT2D eigenvalue weighted by Crippen LogP contribution is -2.70. The minimum atomic E-state index is -2.23. The number of aliphatic hydroxyl groups excluding tert-OH is 8. The number of carboxylic acid groups (broad SMARTS) is 1. The van der Waals surface area contributed by atoms with Crippen LogP contribution >= 0.6 is 0 Å². The smallest absolute Gasteiger partial charge is 0.333 e. The Labute approximate surface area is 354 Å². The summed E-state index contributed by atoms with van der Waals surface area (Å²) in [6, 6.07) is -3.08. The number of rotatable bonds is 19. The van der Waals surface area contributed by atoms with Crippen molar-refractivity contribution in [1.29, 1.82) is 0 Å². The molecule has 0 aromatic carbocycles. The summed E-state index contributed by atoms with van der Waals surface area (Å²) in [5.41, 5.74) is 0. The van der Waals surface area contributed by atoms with Crippen molar-refractivity contribution in [2.45, 2.75) is 170 Å². The van der Waals surface area contributed by atoms with Crippen LogP contribution in [0.3, 0.4) is 0 Å². The van der Waals surface area contributed by atoms with Gasteiger partial charge in [0.05, 0.1) is 19.3 Å². The predicted octanol–water partition coefficient (Wildman–Crippen LogP) is -6.14. The summed E-state index contributed by atoms with van der Waals surface area (Å²) >= 11 is 0. The van der Waals surface area contributed by atoms with Crippen molar-refractivity contribution in [3.05, 3.63) is 0 Å². The lowest BCUT2D eigenvalue weighted by atomic mass is 9.90. The highest BCUT2D eigenvalue weighted by Crippen LogP contribution is 2.36. The van der Waals surface area contributed by atoms with Crippen molar-refractivity contribution in [3.63, 3.8) is 0 Å². The van der Waals surface area contributed by atoms with Crippen LogP contribution in [0, 0.1) is 5.92 Å². The van der Waals surface area contributed by atoms with Crippen LogP contribution < -0.4 is 10.6 Å². The molecule has 4 fully saturated rings. The first-order chi connectivity index (χ1) is 29.1. The summed E-state index contributed by atoms with van der Waals surface area (Å²) in [5, 5.41) is 102. The largest absolute Gasteiger partial charge is 0.479 e. The third kappa shape index (κ3) is 12.1. The van der Waals surface area contributed by atoms with E-state index in [1.165, 1.54) is 21.0 Å². The van der Waals surface area contributed by atoms with Gasteiger partial charge in [-0.2, -0.15) is 0 Å². The molecule has 25 nitrogen and oxygen atoms in total. The van der Waals surface area contributed by atoms with Gasteiger partial charge in [-0.3, -0.25) is 19.2 Å². The molecule has 4 aliphatic heterocycles. The molecule has 354 valence electrons. The Hall–Kier alpha value is -3.22. The maximum Gasteiger partial charge on any atom is 0.333 e. The highest BCUT2D eigenvalue weighted by molar-refractivity contribution is 5.90. The number of hydrogen-bond acceptors (Lipinski definition) is 22. The van der Waals surface area contributed by atoms with Gasteiger partial charge in [-0.05, 0) is 6.92 Å². The third-order valence-electron chi connectivity index (χ3n) is 11.0. The van der Waals surface area contributed by atoms with Gasteiger partial charge in [0.15, 0.2) is 37.0 Å². The maximum absolute atomic E-state index is 14.0. The third-order valence-corrected chi connectivity index (χ3v) is 11.0. The number of carboxylic acids is 1. The monoisotopic (exact) mass is 898 g/mol. The van der Waals surface area contributed by atoms with E-state index in [-0.39, 0.29) is 18.6 Å². The molecule has 0 radical (unpaired) electrons. The zero-order chi connectivity index (χ0) is 46.3. The van der Waals surface area contributed by atoms with Crippen LogP contribution in [0.2, 0.25) is 0 Å². The van der Waals surface area contributed by atoms with E-state index < -0.39 is 178 Å². The molecule has 4 heterocycles. The summed E-state index contributed by atoms with van der Waals surface area (Å²) in [6.07, 6.45) is -32.8. The van der Waals surface area contributed by atoms with Crippen molar-refractivity contribution < 1.29 is 113 Å². The molecule has 11 N–H and O–H groups in total. The number of amides is 2. The highest BCUT2D eigenvalue weighted by Gasteiger charge is 2.57. The van der Waals surface area contributed by atoms with E-state index in [1.54, 1.807) is 0 Å².